The number of fused-ring (bicyclic) bond motifs is 2. The minimum absolute atomic E-state index is 0. The molecule has 222 valence electrons. The summed E-state index contributed by atoms with van der Waals surface area (Å²) >= 11 is 0. The van der Waals surface area contributed by atoms with Gasteiger partial charge in [-0.15, -0.1) is 0 Å². The van der Waals surface area contributed by atoms with Gasteiger partial charge in [0, 0.05) is 37.3 Å². The van der Waals surface area contributed by atoms with E-state index < -0.39 is 23.1 Å². The quantitative estimate of drug-likeness (QED) is 0.264. The van der Waals surface area contributed by atoms with Crippen LogP contribution < -0.4 is 5.73 Å². The Morgan fingerprint density at radius 3 is 2.18 bits per heavy atom. The molecule has 0 aromatic heterocycles. The van der Waals surface area contributed by atoms with Crippen LogP contribution in [0.25, 0.3) is 0 Å². The van der Waals surface area contributed by atoms with Crippen LogP contribution in [-0.2, 0) is 15.2 Å². The van der Waals surface area contributed by atoms with E-state index in [1.165, 1.54) is 24.8 Å². The average Bonchev–Trinajstić information content (AvgIpc) is 3.11. The number of nitrogens with zero attached hydrogens (tertiary/aromatic N) is 2. The topological polar surface area (TPSA) is 213 Å². The number of aliphatic hydroxyl groups is 2. The van der Waals surface area contributed by atoms with E-state index in [1.54, 1.807) is 11.0 Å². The van der Waals surface area contributed by atoms with Gasteiger partial charge < -0.3 is 26.3 Å². The van der Waals surface area contributed by atoms with Gasteiger partial charge in [0.25, 0.3) is 5.91 Å². The van der Waals surface area contributed by atoms with E-state index >= 15 is 0 Å². The predicted octanol–water partition coefficient (Wildman–Crippen LogP) is 0.781. The molecule has 2 amide bonds. The molecule has 4 atom stereocenters. The Kier molecular flexibility index (Phi) is 12.7. The van der Waals surface area contributed by atoms with Gasteiger partial charge in [0.15, 0.2) is 6.10 Å². The summed E-state index contributed by atoms with van der Waals surface area (Å²) in [5.74, 6) is 0.196. The highest BCUT2D eigenvalue weighted by atomic mass is 32.3. The second-order valence-electron chi connectivity index (χ2n) is 10.7. The molecule has 39 heavy (non-hydrogen) atoms. The molecular weight excluding hydrogens is 530 g/mol. The summed E-state index contributed by atoms with van der Waals surface area (Å²) in [6.45, 7) is 1.56. The molecule has 13 heteroatoms. The van der Waals surface area contributed by atoms with E-state index in [0.29, 0.717) is 42.6 Å². The van der Waals surface area contributed by atoms with E-state index in [1.807, 2.05) is 12.1 Å². The summed E-state index contributed by atoms with van der Waals surface area (Å²) in [6, 6.07) is 8.69. The summed E-state index contributed by atoms with van der Waals surface area (Å²) < 4.78 is 31.6. The Hall–Kier alpha value is -2.13. The number of hydrogen-bond acceptors (Lipinski definition) is 7. The normalized spacial score (nSPS) is 24.2. The van der Waals surface area contributed by atoms with Crippen LogP contribution >= 0.6 is 0 Å². The highest BCUT2D eigenvalue weighted by molar-refractivity contribution is 7.79. The predicted molar refractivity (Wildman–Crippen MR) is 144 cm³/mol. The summed E-state index contributed by atoms with van der Waals surface area (Å²) in [5.41, 5.74) is 7.25. The molecule has 1 aromatic carbocycles. The molecule has 2 aliphatic heterocycles. The molecule has 2 saturated heterocycles. The minimum Gasteiger partial charge on any atom is -0.412 e. The first-order valence-electron chi connectivity index (χ1n) is 13.4. The number of piperidine rings is 1. The van der Waals surface area contributed by atoms with Gasteiger partial charge in [-0.25, -0.2) is 0 Å². The van der Waals surface area contributed by atoms with Gasteiger partial charge in [0.05, 0.1) is 6.61 Å². The van der Waals surface area contributed by atoms with Crippen molar-refractivity contribution >= 4 is 22.2 Å². The van der Waals surface area contributed by atoms with Crippen molar-refractivity contribution in [1.82, 2.24) is 9.80 Å². The second-order valence-corrected chi connectivity index (χ2v) is 11.6. The van der Waals surface area contributed by atoms with Crippen molar-refractivity contribution in [2.45, 2.75) is 81.9 Å². The van der Waals surface area contributed by atoms with Crippen LogP contribution in [0.3, 0.4) is 0 Å². The third-order valence-corrected chi connectivity index (χ3v) is 8.13. The first kappa shape index (κ1) is 33.1. The number of benzene rings is 1. The molecule has 1 saturated carbocycles. The van der Waals surface area contributed by atoms with Crippen molar-refractivity contribution in [3.8, 4) is 0 Å². The van der Waals surface area contributed by atoms with Crippen LogP contribution in [0.5, 0.6) is 0 Å². The Bertz CT molecular complexity index is 1030. The fraction of sp³-hybridized carbons (Fsp3) is 0.692. The number of carbonyl (C=O) groups is 2. The summed E-state index contributed by atoms with van der Waals surface area (Å²) in [7, 11) is -4.67. The molecule has 3 fully saturated rings. The Morgan fingerprint density at radius 2 is 1.64 bits per heavy atom. The molecule has 3 aliphatic rings. The fourth-order valence-electron chi connectivity index (χ4n) is 6.36. The van der Waals surface area contributed by atoms with Crippen molar-refractivity contribution in [3.05, 3.63) is 35.4 Å². The van der Waals surface area contributed by atoms with Gasteiger partial charge in [-0.3, -0.25) is 23.6 Å². The smallest absolute Gasteiger partial charge is 0.394 e. The van der Waals surface area contributed by atoms with Gasteiger partial charge >= 0.3 is 10.4 Å². The zero-order valence-electron chi connectivity index (χ0n) is 22.2. The van der Waals surface area contributed by atoms with Crippen molar-refractivity contribution in [1.29, 1.82) is 0 Å². The van der Waals surface area contributed by atoms with E-state index in [2.05, 4.69) is 11.0 Å². The highest BCUT2D eigenvalue weighted by Crippen LogP contribution is 2.43. The zero-order valence-corrected chi connectivity index (χ0v) is 23.0. The maximum absolute atomic E-state index is 12.8. The fourth-order valence-corrected chi connectivity index (χ4v) is 6.36. The van der Waals surface area contributed by atoms with E-state index in [9.17, 15) is 19.8 Å². The molecule has 1 aliphatic carbocycles. The third kappa shape index (κ3) is 10.1. The van der Waals surface area contributed by atoms with Gasteiger partial charge in [-0.05, 0) is 68.1 Å². The summed E-state index contributed by atoms with van der Waals surface area (Å²) in [4.78, 5) is 28.7. The Labute approximate surface area is 230 Å². The van der Waals surface area contributed by atoms with Crippen LogP contribution in [0.2, 0.25) is 0 Å². The van der Waals surface area contributed by atoms with Crippen molar-refractivity contribution in [3.63, 3.8) is 0 Å². The van der Waals surface area contributed by atoms with E-state index in [-0.39, 0.29) is 17.3 Å². The lowest BCUT2D eigenvalue weighted by atomic mass is 9.84. The van der Waals surface area contributed by atoms with Crippen LogP contribution in [0.15, 0.2) is 24.3 Å². The lowest BCUT2D eigenvalue weighted by molar-refractivity contribution is -0.143. The molecule has 0 radical (unpaired) electrons. The number of nitrogens with two attached hydrogens (primary N) is 1. The maximum atomic E-state index is 12.8. The lowest BCUT2D eigenvalue weighted by Gasteiger charge is -2.40. The Balaban J connectivity index is 0.000000816. The monoisotopic (exact) mass is 573 g/mol. The summed E-state index contributed by atoms with van der Waals surface area (Å²) in [6.07, 6.45) is 9.06. The average molecular weight is 574 g/mol. The lowest BCUT2D eigenvalue weighted by Crippen LogP contribution is -2.50. The number of amides is 2. The Morgan fingerprint density at radius 1 is 1.05 bits per heavy atom. The molecular formula is C26H43N3O9S. The van der Waals surface area contributed by atoms with Crippen LogP contribution in [-0.4, -0.2) is 99.3 Å². The van der Waals surface area contributed by atoms with Crippen molar-refractivity contribution < 1.29 is 42.8 Å². The van der Waals surface area contributed by atoms with E-state index in [4.69, 9.17) is 23.3 Å². The number of rotatable bonds is 9. The maximum Gasteiger partial charge on any atom is 0.394 e. The molecule has 1 unspecified atom stereocenters. The van der Waals surface area contributed by atoms with Crippen LogP contribution in [0.4, 0.5) is 0 Å². The summed E-state index contributed by atoms with van der Waals surface area (Å²) in [5, 5.41) is 19.3. The minimum atomic E-state index is -4.67. The number of aliphatic hydroxyl groups excluding tert-OH is 2. The molecule has 0 spiro atoms. The standard InChI is InChI=1S/C26H39N3O4.H2O4S.H2O/c27-25(32)20-8-4-7-19(13-20)21-14-22-9-10-23(15-21)29(22)12-11-28(26(33)24(31)17-30)16-18-5-2-1-3-6-18;1-5(2,3)4;/h4,7-8,13,18,21-24,30-31H,1-3,5-6,9-12,14-17H2,(H2,27,32);(H2,1,2,3,4);1H2/t21?,22-,23+,24-;;/m0../s1. The van der Waals surface area contributed by atoms with Gasteiger partial charge in [0.1, 0.15) is 0 Å². The zero-order chi connectivity index (χ0) is 27.9. The number of primary amides is 1. The van der Waals surface area contributed by atoms with Gasteiger partial charge in [0.2, 0.25) is 5.91 Å². The molecule has 1 aromatic rings. The first-order chi connectivity index (χ1) is 18.0. The van der Waals surface area contributed by atoms with Crippen LogP contribution in [0.1, 0.15) is 79.6 Å². The SMILES string of the molecule is NC(=O)c1cccc(C2C[C@H]3CC[C@@H](C2)N3CCN(CC2CCCCC2)C(=O)[C@@H](O)CO)c1.O.O=S(=O)(O)O. The molecule has 12 nitrogen and oxygen atoms in total. The van der Waals surface area contributed by atoms with Gasteiger partial charge in [-0.2, -0.15) is 8.42 Å². The molecule has 2 bridgehead atoms. The highest BCUT2D eigenvalue weighted by Gasteiger charge is 2.41. The molecule has 4 rings (SSSR count). The molecule has 2 heterocycles. The van der Waals surface area contributed by atoms with Crippen molar-refractivity contribution in [2.24, 2.45) is 11.7 Å². The molecule has 8 N–H and O–H groups in total. The largest absolute Gasteiger partial charge is 0.412 e. The van der Waals surface area contributed by atoms with Crippen LogP contribution in [0, 0.1) is 5.92 Å². The number of carbonyl (C=O) groups excluding carboxylic acids is 2. The second kappa shape index (κ2) is 15.0. The van der Waals surface area contributed by atoms with Crippen molar-refractivity contribution in [2.75, 3.05) is 26.2 Å². The third-order valence-electron chi connectivity index (χ3n) is 8.13. The van der Waals surface area contributed by atoms with Gasteiger partial charge in [-0.1, -0.05) is 31.4 Å². The first-order valence-corrected chi connectivity index (χ1v) is 14.8. The van der Waals surface area contributed by atoms with E-state index in [0.717, 1.165) is 45.1 Å². The number of hydrogen-bond donors (Lipinski definition) is 5.